The Balaban J connectivity index is 1.29. The largest absolute Gasteiger partial charge is 0.495 e. The van der Waals surface area contributed by atoms with Gasteiger partial charge < -0.3 is 19.9 Å². The van der Waals surface area contributed by atoms with Crippen molar-refractivity contribution in [3.63, 3.8) is 0 Å². The van der Waals surface area contributed by atoms with Crippen LogP contribution in [0.15, 0.2) is 48.7 Å². The molecule has 1 aliphatic carbocycles. The summed E-state index contributed by atoms with van der Waals surface area (Å²) in [6, 6.07) is 13.1. The minimum Gasteiger partial charge on any atom is -0.495 e. The third kappa shape index (κ3) is 3.78. The number of amides is 2. The second-order valence-electron chi connectivity index (χ2n) is 7.14. The maximum atomic E-state index is 12.8. The average molecular weight is 380 g/mol. The number of carbonyl (C=O) groups excluding carboxylic acids is 2. The van der Waals surface area contributed by atoms with Gasteiger partial charge in [0, 0.05) is 32.4 Å². The highest BCUT2D eigenvalue weighted by atomic mass is 16.5. The number of anilines is 2. The quantitative estimate of drug-likeness (QED) is 0.859. The van der Waals surface area contributed by atoms with Gasteiger partial charge in [0.1, 0.15) is 11.6 Å². The molecule has 2 atom stereocenters. The molecular weight excluding hydrogens is 356 g/mol. The lowest BCUT2D eigenvalue weighted by atomic mass is 10.2. The lowest BCUT2D eigenvalue weighted by Crippen LogP contribution is -2.49. The van der Waals surface area contributed by atoms with Crippen LogP contribution in [-0.2, 0) is 9.59 Å². The summed E-state index contributed by atoms with van der Waals surface area (Å²) in [5.41, 5.74) is 0.636. The zero-order chi connectivity index (χ0) is 19.5. The first kappa shape index (κ1) is 18.3. The molecule has 0 radical (unpaired) electrons. The van der Waals surface area contributed by atoms with Crippen LogP contribution in [0.1, 0.15) is 6.42 Å². The monoisotopic (exact) mass is 380 g/mol. The molecule has 28 heavy (non-hydrogen) atoms. The average Bonchev–Trinajstić information content (AvgIpc) is 3.55. The highest BCUT2D eigenvalue weighted by Crippen LogP contribution is 2.41. The lowest BCUT2D eigenvalue weighted by Gasteiger charge is -2.35. The molecule has 1 aromatic heterocycles. The van der Waals surface area contributed by atoms with Crippen molar-refractivity contribution in [2.45, 2.75) is 6.42 Å². The molecule has 2 aromatic rings. The van der Waals surface area contributed by atoms with Gasteiger partial charge in [0.05, 0.1) is 24.6 Å². The van der Waals surface area contributed by atoms with E-state index in [1.807, 2.05) is 35.2 Å². The SMILES string of the molecule is COc1ccccc1NC(=O)C1CC1C(=O)N1CCN(c2ccccn2)CC1. The van der Waals surface area contributed by atoms with Crippen LogP contribution in [0.3, 0.4) is 0 Å². The molecule has 0 bridgehead atoms. The molecule has 2 amide bonds. The molecule has 4 rings (SSSR count). The molecule has 1 N–H and O–H groups in total. The summed E-state index contributed by atoms with van der Waals surface area (Å²) in [6.07, 6.45) is 2.39. The third-order valence-electron chi connectivity index (χ3n) is 5.37. The van der Waals surface area contributed by atoms with Crippen molar-refractivity contribution in [1.82, 2.24) is 9.88 Å². The zero-order valence-corrected chi connectivity index (χ0v) is 15.9. The van der Waals surface area contributed by atoms with Gasteiger partial charge in [-0.2, -0.15) is 0 Å². The maximum Gasteiger partial charge on any atom is 0.228 e. The van der Waals surface area contributed by atoms with Gasteiger partial charge in [-0.15, -0.1) is 0 Å². The van der Waals surface area contributed by atoms with Crippen molar-refractivity contribution in [2.24, 2.45) is 11.8 Å². The highest BCUT2D eigenvalue weighted by Gasteiger charge is 2.49. The lowest BCUT2D eigenvalue weighted by molar-refractivity contribution is -0.134. The first-order valence-electron chi connectivity index (χ1n) is 9.56. The molecule has 1 saturated carbocycles. The number of pyridine rings is 1. The Hall–Kier alpha value is -3.09. The van der Waals surface area contributed by atoms with Crippen LogP contribution in [0, 0.1) is 11.8 Å². The van der Waals surface area contributed by atoms with Gasteiger partial charge in [-0.1, -0.05) is 18.2 Å². The van der Waals surface area contributed by atoms with Crippen molar-refractivity contribution in [3.05, 3.63) is 48.7 Å². The van der Waals surface area contributed by atoms with Gasteiger partial charge in [0.2, 0.25) is 11.8 Å². The van der Waals surface area contributed by atoms with Crippen molar-refractivity contribution in [2.75, 3.05) is 43.5 Å². The van der Waals surface area contributed by atoms with Crippen molar-refractivity contribution in [3.8, 4) is 5.75 Å². The van der Waals surface area contributed by atoms with Crippen LogP contribution in [0.5, 0.6) is 5.75 Å². The first-order valence-corrected chi connectivity index (χ1v) is 9.56. The van der Waals surface area contributed by atoms with Gasteiger partial charge in [-0.05, 0) is 30.7 Å². The van der Waals surface area contributed by atoms with E-state index in [2.05, 4.69) is 15.2 Å². The molecule has 1 aromatic carbocycles. The number of para-hydroxylation sites is 2. The van der Waals surface area contributed by atoms with E-state index in [9.17, 15) is 9.59 Å². The van der Waals surface area contributed by atoms with E-state index in [1.165, 1.54) is 0 Å². The fourth-order valence-corrected chi connectivity index (χ4v) is 3.66. The number of hydrogen-bond acceptors (Lipinski definition) is 5. The molecular formula is C21H24N4O3. The number of rotatable bonds is 5. The number of piperazine rings is 1. The first-order chi connectivity index (χ1) is 13.7. The summed E-state index contributed by atoms with van der Waals surface area (Å²) in [5.74, 6) is 1.05. The molecule has 2 unspecified atom stereocenters. The number of benzene rings is 1. The Bertz CT molecular complexity index is 850. The van der Waals surface area contributed by atoms with Crippen LogP contribution in [0.2, 0.25) is 0 Å². The van der Waals surface area contributed by atoms with Crippen molar-refractivity contribution >= 4 is 23.3 Å². The van der Waals surface area contributed by atoms with Crippen LogP contribution in [0.4, 0.5) is 11.5 Å². The van der Waals surface area contributed by atoms with E-state index in [4.69, 9.17) is 4.74 Å². The Morgan fingerprint density at radius 1 is 1.04 bits per heavy atom. The van der Waals surface area contributed by atoms with Crippen LogP contribution >= 0.6 is 0 Å². The number of nitrogens with zero attached hydrogens (tertiary/aromatic N) is 3. The normalized spacial score (nSPS) is 21.2. The summed E-state index contributed by atoms with van der Waals surface area (Å²) in [7, 11) is 1.57. The molecule has 1 saturated heterocycles. The number of ether oxygens (including phenoxy) is 1. The van der Waals surface area contributed by atoms with E-state index in [1.54, 1.807) is 25.4 Å². The molecule has 1 aliphatic heterocycles. The van der Waals surface area contributed by atoms with Crippen LogP contribution in [0.25, 0.3) is 0 Å². The molecule has 7 nitrogen and oxygen atoms in total. The predicted molar refractivity (Wildman–Crippen MR) is 106 cm³/mol. The fraction of sp³-hybridized carbons (Fsp3) is 0.381. The van der Waals surface area contributed by atoms with Gasteiger partial charge >= 0.3 is 0 Å². The minimum atomic E-state index is -0.258. The molecule has 2 aliphatic rings. The van der Waals surface area contributed by atoms with Gasteiger partial charge in [0.15, 0.2) is 0 Å². The van der Waals surface area contributed by atoms with E-state index >= 15 is 0 Å². The highest BCUT2D eigenvalue weighted by molar-refractivity contribution is 6.00. The number of nitrogens with one attached hydrogen (secondary N) is 1. The molecule has 0 spiro atoms. The summed E-state index contributed by atoms with van der Waals surface area (Å²) >= 11 is 0. The Labute approximate surface area is 164 Å². The molecule has 2 heterocycles. The third-order valence-corrected chi connectivity index (χ3v) is 5.37. The maximum absolute atomic E-state index is 12.8. The van der Waals surface area contributed by atoms with Gasteiger partial charge in [0.25, 0.3) is 0 Å². The standard InChI is InChI=1S/C21H24N4O3/c1-28-18-7-3-2-6-17(18)23-20(26)15-14-16(15)21(27)25-12-10-24(11-13-25)19-8-4-5-9-22-19/h2-9,15-16H,10-14H2,1H3,(H,23,26). The number of carbonyl (C=O) groups is 2. The smallest absolute Gasteiger partial charge is 0.228 e. The second kappa shape index (κ2) is 7.88. The summed E-state index contributed by atoms with van der Waals surface area (Å²) in [6.45, 7) is 2.83. The van der Waals surface area contributed by atoms with Crippen molar-refractivity contribution in [1.29, 1.82) is 0 Å². The Morgan fingerprint density at radius 2 is 1.79 bits per heavy atom. The summed E-state index contributed by atoms with van der Waals surface area (Å²) in [5, 5.41) is 2.89. The Kier molecular flexibility index (Phi) is 5.14. The predicted octanol–water partition coefficient (Wildman–Crippen LogP) is 2.01. The number of hydrogen-bond donors (Lipinski definition) is 1. The van der Waals surface area contributed by atoms with Crippen LogP contribution < -0.4 is 15.0 Å². The second-order valence-corrected chi connectivity index (χ2v) is 7.14. The van der Waals surface area contributed by atoms with Gasteiger partial charge in [-0.3, -0.25) is 9.59 Å². The fourth-order valence-electron chi connectivity index (χ4n) is 3.66. The topological polar surface area (TPSA) is 74.8 Å². The van der Waals surface area contributed by atoms with E-state index in [0.717, 1.165) is 18.9 Å². The molecule has 2 fully saturated rings. The minimum absolute atomic E-state index is 0.0841. The molecule has 146 valence electrons. The zero-order valence-electron chi connectivity index (χ0n) is 15.9. The van der Waals surface area contributed by atoms with Crippen molar-refractivity contribution < 1.29 is 14.3 Å². The van der Waals surface area contributed by atoms with E-state index in [0.29, 0.717) is 30.9 Å². The summed E-state index contributed by atoms with van der Waals surface area (Å²) < 4.78 is 5.26. The number of methoxy groups -OCH3 is 1. The Morgan fingerprint density at radius 3 is 2.50 bits per heavy atom. The van der Waals surface area contributed by atoms with Gasteiger partial charge in [-0.25, -0.2) is 4.98 Å². The van der Waals surface area contributed by atoms with E-state index in [-0.39, 0.29) is 23.7 Å². The number of aromatic nitrogens is 1. The van der Waals surface area contributed by atoms with Crippen LogP contribution in [-0.4, -0.2) is 55.0 Å². The molecule has 7 heteroatoms. The van der Waals surface area contributed by atoms with E-state index < -0.39 is 0 Å². The summed E-state index contributed by atoms with van der Waals surface area (Å²) in [4.78, 5) is 33.7.